The summed E-state index contributed by atoms with van der Waals surface area (Å²) in [6.45, 7) is 0. The number of rotatable bonds is 6. The highest BCUT2D eigenvalue weighted by atomic mass is 79.9. The van der Waals surface area contributed by atoms with Crippen molar-refractivity contribution in [3.63, 3.8) is 0 Å². The van der Waals surface area contributed by atoms with E-state index in [1.807, 2.05) is 66.7 Å². The number of hydrogen-bond donors (Lipinski definition) is 0. The third kappa shape index (κ3) is 5.27. The van der Waals surface area contributed by atoms with E-state index in [9.17, 15) is 4.79 Å². The minimum absolute atomic E-state index is 0.147. The normalized spacial score (nSPS) is 11.9. The van der Waals surface area contributed by atoms with E-state index in [1.54, 1.807) is 18.0 Å². The molecule has 25 heavy (non-hydrogen) atoms. The Bertz CT molecular complexity index is 836. The molecule has 0 spiro atoms. The Balaban J connectivity index is 1.83. The number of hydrogen-bond acceptors (Lipinski definition) is 3. The molecular formula is C20H15Br2NOS. The molecule has 0 saturated carbocycles. The van der Waals surface area contributed by atoms with Crippen LogP contribution in [-0.4, -0.2) is 10.8 Å². The first kappa shape index (κ1) is 18.4. The summed E-state index contributed by atoms with van der Waals surface area (Å²) in [5.41, 5.74) is 1.79. The number of ketones is 1. The number of carbonyl (C=O) groups excluding carboxylic acids is 1. The first-order valence-electron chi connectivity index (χ1n) is 7.72. The van der Waals surface area contributed by atoms with Gasteiger partial charge in [-0.3, -0.25) is 9.78 Å². The first-order chi connectivity index (χ1) is 12.1. The molecule has 0 N–H and O–H groups in total. The van der Waals surface area contributed by atoms with Crippen molar-refractivity contribution in [3.05, 3.63) is 93.1 Å². The molecule has 0 radical (unpaired) electrons. The van der Waals surface area contributed by atoms with Crippen LogP contribution in [0.25, 0.3) is 0 Å². The third-order valence-corrected chi connectivity index (χ3v) is 5.92. The number of aromatic nitrogens is 1. The number of halogens is 2. The minimum atomic E-state index is -0.257. The van der Waals surface area contributed by atoms with Gasteiger partial charge in [-0.25, -0.2) is 0 Å². The molecule has 1 heterocycles. The van der Waals surface area contributed by atoms with Crippen molar-refractivity contribution in [2.75, 3.05) is 0 Å². The summed E-state index contributed by atoms with van der Waals surface area (Å²) in [5, 5.41) is -0.257. The van der Waals surface area contributed by atoms with Gasteiger partial charge < -0.3 is 0 Å². The van der Waals surface area contributed by atoms with E-state index in [2.05, 4.69) is 36.8 Å². The lowest BCUT2D eigenvalue weighted by Gasteiger charge is -2.16. The van der Waals surface area contributed by atoms with E-state index >= 15 is 0 Å². The first-order valence-corrected chi connectivity index (χ1v) is 10.2. The van der Waals surface area contributed by atoms with Crippen LogP contribution in [-0.2, 0) is 11.2 Å². The average molecular weight is 477 g/mol. The predicted molar refractivity (Wildman–Crippen MR) is 110 cm³/mol. The van der Waals surface area contributed by atoms with E-state index in [0.717, 1.165) is 25.1 Å². The van der Waals surface area contributed by atoms with Crippen molar-refractivity contribution < 1.29 is 4.79 Å². The van der Waals surface area contributed by atoms with Crippen molar-refractivity contribution in [1.29, 1.82) is 0 Å². The number of pyridine rings is 1. The molecule has 0 bridgehead atoms. The van der Waals surface area contributed by atoms with Crippen LogP contribution in [0, 0.1) is 0 Å². The summed E-state index contributed by atoms with van der Waals surface area (Å²) >= 11 is 8.39. The van der Waals surface area contributed by atoms with Crippen LogP contribution >= 0.6 is 43.6 Å². The van der Waals surface area contributed by atoms with Gasteiger partial charge >= 0.3 is 0 Å². The number of nitrogens with zero attached hydrogens (tertiary/aromatic N) is 1. The van der Waals surface area contributed by atoms with Gasteiger partial charge in [0, 0.05) is 25.7 Å². The summed E-state index contributed by atoms with van der Waals surface area (Å²) in [5.74, 6) is 0.147. The SMILES string of the molecule is O=C(Cc1ccc(Br)cn1)C(Sc1ccc(Br)cc1)c1ccccc1. The quantitative estimate of drug-likeness (QED) is 0.393. The molecule has 0 saturated heterocycles. The number of Topliss-reactive ketones (excluding diaryl/α,β-unsaturated/α-hetero) is 1. The van der Waals surface area contributed by atoms with Crippen LogP contribution in [0.3, 0.4) is 0 Å². The molecule has 5 heteroatoms. The molecule has 2 aromatic carbocycles. The molecule has 1 unspecified atom stereocenters. The fraction of sp³-hybridized carbons (Fsp3) is 0.100. The Morgan fingerprint density at radius 3 is 2.24 bits per heavy atom. The van der Waals surface area contributed by atoms with Crippen LogP contribution in [0.15, 0.2) is 86.8 Å². The largest absolute Gasteiger partial charge is 0.298 e. The Kier molecular flexibility index (Phi) is 6.45. The van der Waals surface area contributed by atoms with Crippen molar-refractivity contribution in [2.24, 2.45) is 0 Å². The van der Waals surface area contributed by atoms with Crippen molar-refractivity contribution in [1.82, 2.24) is 4.98 Å². The van der Waals surface area contributed by atoms with Gasteiger partial charge in [-0.1, -0.05) is 46.3 Å². The van der Waals surface area contributed by atoms with Gasteiger partial charge in [-0.05, 0) is 57.9 Å². The molecule has 0 fully saturated rings. The van der Waals surface area contributed by atoms with Gasteiger partial charge in [0.2, 0.25) is 0 Å². The van der Waals surface area contributed by atoms with E-state index < -0.39 is 0 Å². The van der Waals surface area contributed by atoms with E-state index in [0.29, 0.717) is 6.42 Å². The van der Waals surface area contributed by atoms with Gasteiger partial charge in [-0.2, -0.15) is 0 Å². The zero-order chi connectivity index (χ0) is 17.6. The zero-order valence-corrected chi connectivity index (χ0v) is 17.2. The molecule has 3 rings (SSSR count). The van der Waals surface area contributed by atoms with Crippen LogP contribution < -0.4 is 0 Å². The zero-order valence-electron chi connectivity index (χ0n) is 13.2. The highest BCUT2D eigenvalue weighted by molar-refractivity contribution is 9.10. The molecule has 126 valence electrons. The van der Waals surface area contributed by atoms with Crippen LogP contribution in [0.1, 0.15) is 16.5 Å². The molecule has 1 atom stereocenters. The molecule has 2 nitrogen and oxygen atoms in total. The molecule has 0 amide bonds. The monoisotopic (exact) mass is 475 g/mol. The average Bonchev–Trinajstić information content (AvgIpc) is 2.64. The Morgan fingerprint density at radius 1 is 0.920 bits per heavy atom. The highest BCUT2D eigenvalue weighted by Crippen LogP contribution is 2.37. The van der Waals surface area contributed by atoms with E-state index in [4.69, 9.17) is 0 Å². The Labute approximate surface area is 168 Å². The Morgan fingerprint density at radius 2 is 1.60 bits per heavy atom. The number of benzene rings is 2. The lowest BCUT2D eigenvalue weighted by molar-refractivity contribution is -0.118. The second kappa shape index (κ2) is 8.79. The summed E-state index contributed by atoms with van der Waals surface area (Å²) in [6, 6.07) is 21.7. The second-order valence-corrected chi connectivity index (χ2v) is 8.48. The lowest BCUT2D eigenvalue weighted by Crippen LogP contribution is -2.13. The van der Waals surface area contributed by atoms with Gasteiger partial charge in [0.25, 0.3) is 0 Å². The van der Waals surface area contributed by atoms with Crippen molar-refractivity contribution >= 4 is 49.4 Å². The smallest absolute Gasteiger partial charge is 0.156 e. The summed E-state index contributed by atoms with van der Waals surface area (Å²) in [7, 11) is 0. The molecular weight excluding hydrogens is 462 g/mol. The molecule has 1 aromatic heterocycles. The van der Waals surface area contributed by atoms with Crippen LogP contribution in [0.2, 0.25) is 0 Å². The van der Waals surface area contributed by atoms with Crippen LogP contribution in [0.4, 0.5) is 0 Å². The van der Waals surface area contributed by atoms with Gasteiger partial charge in [-0.15, -0.1) is 11.8 Å². The number of carbonyl (C=O) groups is 1. The third-order valence-electron chi connectivity index (χ3n) is 3.61. The van der Waals surface area contributed by atoms with Crippen molar-refractivity contribution in [2.45, 2.75) is 16.6 Å². The number of thioether (sulfide) groups is 1. The molecule has 0 aliphatic carbocycles. The van der Waals surface area contributed by atoms with Crippen LogP contribution in [0.5, 0.6) is 0 Å². The predicted octanol–water partition coefficient (Wildman–Crippen LogP) is 6.25. The van der Waals surface area contributed by atoms with Crippen molar-refractivity contribution in [3.8, 4) is 0 Å². The topological polar surface area (TPSA) is 30.0 Å². The van der Waals surface area contributed by atoms with E-state index in [1.165, 1.54) is 0 Å². The maximum absolute atomic E-state index is 13.0. The fourth-order valence-corrected chi connectivity index (χ4v) is 3.95. The van der Waals surface area contributed by atoms with Gasteiger partial charge in [0.1, 0.15) is 0 Å². The standard InChI is InChI=1S/C20H15Br2NOS/c21-15-7-10-18(11-8-15)25-20(14-4-2-1-3-5-14)19(24)12-17-9-6-16(22)13-23-17/h1-11,13,20H,12H2. The minimum Gasteiger partial charge on any atom is -0.298 e. The van der Waals surface area contributed by atoms with Gasteiger partial charge in [0.05, 0.1) is 11.7 Å². The molecule has 0 aliphatic rings. The fourth-order valence-electron chi connectivity index (χ4n) is 2.38. The summed E-state index contributed by atoms with van der Waals surface area (Å²) in [4.78, 5) is 18.4. The molecule has 0 aliphatic heterocycles. The Hall–Kier alpha value is -1.43. The van der Waals surface area contributed by atoms with Gasteiger partial charge in [0.15, 0.2) is 5.78 Å². The van der Waals surface area contributed by atoms with E-state index in [-0.39, 0.29) is 11.0 Å². The maximum atomic E-state index is 13.0. The maximum Gasteiger partial charge on any atom is 0.156 e. The molecule has 3 aromatic rings. The lowest BCUT2D eigenvalue weighted by atomic mass is 10.0. The summed E-state index contributed by atoms with van der Waals surface area (Å²) < 4.78 is 1.94. The highest BCUT2D eigenvalue weighted by Gasteiger charge is 2.22. The second-order valence-electron chi connectivity index (χ2n) is 5.47. The summed E-state index contributed by atoms with van der Waals surface area (Å²) in [6.07, 6.45) is 2.04.